The molecule has 3 N–H and O–H groups in total. The Morgan fingerprint density at radius 3 is 1.65 bits per heavy atom. The first-order valence-electron chi connectivity index (χ1n) is 6.47. The highest BCUT2D eigenvalue weighted by Gasteiger charge is 2.05. The second-order valence-corrected chi connectivity index (χ2v) is 4.05. The summed E-state index contributed by atoms with van der Waals surface area (Å²) in [5, 5.41) is 9.40. The summed E-state index contributed by atoms with van der Waals surface area (Å²) in [6.07, 6.45) is 2.10. The number of ether oxygens (including phenoxy) is 2. The van der Waals surface area contributed by atoms with Crippen LogP contribution < -0.4 is 16.0 Å². The van der Waals surface area contributed by atoms with Gasteiger partial charge in [-0.05, 0) is 47.1 Å². The topological polar surface area (TPSA) is 54.5 Å². The third kappa shape index (κ3) is 12.1. The van der Waals surface area contributed by atoms with Crippen LogP contribution in [0.2, 0.25) is 0 Å². The molecule has 0 heterocycles. The number of rotatable bonds is 13. The summed E-state index contributed by atoms with van der Waals surface area (Å²) in [5.41, 5.74) is 0. The van der Waals surface area contributed by atoms with Crippen LogP contribution in [0.25, 0.3) is 0 Å². The maximum Gasteiger partial charge on any atom is 0.0642 e. The smallest absolute Gasteiger partial charge is 0.0642 e. The van der Waals surface area contributed by atoms with Gasteiger partial charge in [-0.3, -0.25) is 0 Å². The normalized spacial score (nSPS) is 11.3. The molecule has 0 amide bonds. The van der Waals surface area contributed by atoms with Crippen molar-refractivity contribution in [3.63, 3.8) is 0 Å². The van der Waals surface area contributed by atoms with Gasteiger partial charge in [0.25, 0.3) is 0 Å². The third-order valence-electron chi connectivity index (χ3n) is 2.48. The van der Waals surface area contributed by atoms with E-state index in [-0.39, 0.29) is 0 Å². The SMILES string of the molecule is CNCCCOCC(COCCCNC)NC. The molecule has 0 atom stereocenters. The molecule has 5 heteroatoms. The summed E-state index contributed by atoms with van der Waals surface area (Å²) in [4.78, 5) is 0. The van der Waals surface area contributed by atoms with Crippen LogP contribution in [-0.4, -0.2) is 66.7 Å². The van der Waals surface area contributed by atoms with Gasteiger partial charge in [-0.2, -0.15) is 0 Å². The molecule has 0 aliphatic rings. The lowest BCUT2D eigenvalue weighted by Crippen LogP contribution is -2.35. The second-order valence-electron chi connectivity index (χ2n) is 4.05. The lowest BCUT2D eigenvalue weighted by atomic mass is 10.3. The van der Waals surface area contributed by atoms with Crippen LogP contribution in [-0.2, 0) is 9.47 Å². The predicted molar refractivity (Wildman–Crippen MR) is 71.6 cm³/mol. The molecule has 0 aromatic carbocycles. The first kappa shape index (κ1) is 16.8. The van der Waals surface area contributed by atoms with Crippen molar-refractivity contribution in [3.8, 4) is 0 Å². The van der Waals surface area contributed by atoms with Crippen LogP contribution in [0.3, 0.4) is 0 Å². The molecule has 0 fully saturated rings. The monoisotopic (exact) mass is 247 g/mol. The van der Waals surface area contributed by atoms with Gasteiger partial charge in [0.2, 0.25) is 0 Å². The highest BCUT2D eigenvalue weighted by molar-refractivity contribution is 4.62. The molecular weight excluding hydrogens is 218 g/mol. The Morgan fingerprint density at radius 2 is 1.29 bits per heavy atom. The molecule has 0 aliphatic carbocycles. The molecule has 0 radical (unpaired) electrons. The first-order chi connectivity index (χ1) is 8.35. The Morgan fingerprint density at radius 1 is 0.824 bits per heavy atom. The lowest BCUT2D eigenvalue weighted by Gasteiger charge is -2.16. The van der Waals surface area contributed by atoms with Gasteiger partial charge < -0.3 is 25.4 Å². The fourth-order valence-electron chi connectivity index (χ4n) is 1.37. The zero-order chi connectivity index (χ0) is 12.8. The van der Waals surface area contributed by atoms with Crippen LogP contribution in [0, 0.1) is 0 Å². The molecule has 0 saturated carbocycles. The molecule has 0 unspecified atom stereocenters. The number of hydrogen-bond donors (Lipinski definition) is 3. The Bertz CT molecular complexity index is 134. The Hall–Kier alpha value is -0.200. The Labute approximate surface area is 106 Å². The van der Waals surface area contributed by atoms with Gasteiger partial charge in [-0.15, -0.1) is 0 Å². The van der Waals surface area contributed by atoms with Gasteiger partial charge in [0.15, 0.2) is 0 Å². The molecule has 0 aromatic heterocycles. The van der Waals surface area contributed by atoms with E-state index >= 15 is 0 Å². The standard InChI is InChI=1S/C12H29N3O2/c1-13-6-4-8-16-10-12(15-3)11-17-9-5-7-14-2/h12-15H,4-11H2,1-3H3. The molecular formula is C12H29N3O2. The van der Waals surface area contributed by atoms with Gasteiger partial charge in [-0.25, -0.2) is 0 Å². The molecule has 0 rings (SSSR count). The number of likely N-dealkylation sites (N-methyl/N-ethyl adjacent to an activating group) is 1. The van der Waals surface area contributed by atoms with E-state index in [1.54, 1.807) is 0 Å². The van der Waals surface area contributed by atoms with E-state index in [1.165, 1.54) is 0 Å². The molecule has 0 aliphatic heterocycles. The fourth-order valence-corrected chi connectivity index (χ4v) is 1.37. The average molecular weight is 247 g/mol. The Kier molecular flexibility index (Phi) is 13.7. The van der Waals surface area contributed by atoms with Gasteiger partial charge in [-0.1, -0.05) is 0 Å². The zero-order valence-corrected chi connectivity index (χ0v) is 11.6. The molecule has 5 nitrogen and oxygen atoms in total. The molecule has 17 heavy (non-hydrogen) atoms. The summed E-state index contributed by atoms with van der Waals surface area (Å²) >= 11 is 0. The van der Waals surface area contributed by atoms with E-state index in [1.807, 2.05) is 21.1 Å². The molecule has 0 spiro atoms. The highest BCUT2D eigenvalue weighted by Crippen LogP contribution is 1.91. The van der Waals surface area contributed by atoms with Crippen molar-refractivity contribution >= 4 is 0 Å². The molecule has 104 valence electrons. The fraction of sp³-hybridized carbons (Fsp3) is 1.00. The summed E-state index contributed by atoms with van der Waals surface area (Å²) in [6, 6.07) is 0.291. The maximum atomic E-state index is 5.57. The van der Waals surface area contributed by atoms with E-state index in [9.17, 15) is 0 Å². The quantitative estimate of drug-likeness (QED) is 0.394. The third-order valence-corrected chi connectivity index (χ3v) is 2.48. The molecule has 0 bridgehead atoms. The van der Waals surface area contributed by atoms with Crippen molar-refractivity contribution in [3.05, 3.63) is 0 Å². The van der Waals surface area contributed by atoms with Crippen LogP contribution >= 0.6 is 0 Å². The van der Waals surface area contributed by atoms with Crippen molar-refractivity contribution in [1.29, 1.82) is 0 Å². The van der Waals surface area contributed by atoms with Crippen LogP contribution in [0.5, 0.6) is 0 Å². The minimum atomic E-state index is 0.291. The second kappa shape index (κ2) is 13.9. The maximum absolute atomic E-state index is 5.57. The summed E-state index contributed by atoms with van der Waals surface area (Å²) in [5.74, 6) is 0. The van der Waals surface area contributed by atoms with Gasteiger partial charge in [0.1, 0.15) is 0 Å². The van der Waals surface area contributed by atoms with E-state index < -0.39 is 0 Å². The van der Waals surface area contributed by atoms with Gasteiger partial charge >= 0.3 is 0 Å². The highest BCUT2D eigenvalue weighted by atomic mass is 16.5. The average Bonchev–Trinajstić information content (AvgIpc) is 2.36. The number of nitrogens with one attached hydrogen (secondary N) is 3. The summed E-state index contributed by atoms with van der Waals surface area (Å²) in [6.45, 7) is 5.05. The van der Waals surface area contributed by atoms with Crippen LogP contribution in [0.4, 0.5) is 0 Å². The summed E-state index contributed by atoms with van der Waals surface area (Å²) < 4.78 is 11.1. The van der Waals surface area contributed by atoms with E-state index in [0.29, 0.717) is 19.3 Å². The van der Waals surface area contributed by atoms with E-state index in [4.69, 9.17) is 9.47 Å². The van der Waals surface area contributed by atoms with Crippen LogP contribution in [0.1, 0.15) is 12.8 Å². The van der Waals surface area contributed by atoms with E-state index in [2.05, 4.69) is 16.0 Å². The van der Waals surface area contributed by atoms with Crippen molar-refractivity contribution in [2.45, 2.75) is 18.9 Å². The largest absolute Gasteiger partial charge is 0.380 e. The Balaban J connectivity index is 3.30. The minimum Gasteiger partial charge on any atom is -0.380 e. The van der Waals surface area contributed by atoms with Gasteiger partial charge in [0, 0.05) is 13.2 Å². The summed E-state index contributed by atoms with van der Waals surface area (Å²) in [7, 11) is 5.85. The zero-order valence-electron chi connectivity index (χ0n) is 11.6. The lowest BCUT2D eigenvalue weighted by molar-refractivity contribution is 0.0567. The molecule has 0 aromatic rings. The minimum absolute atomic E-state index is 0.291. The van der Waals surface area contributed by atoms with Crippen LogP contribution in [0.15, 0.2) is 0 Å². The van der Waals surface area contributed by atoms with Crippen molar-refractivity contribution in [2.75, 3.05) is 60.7 Å². The van der Waals surface area contributed by atoms with Crippen molar-refractivity contribution in [1.82, 2.24) is 16.0 Å². The first-order valence-corrected chi connectivity index (χ1v) is 6.47. The molecule has 0 saturated heterocycles. The predicted octanol–water partition coefficient (Wildman–Crippen LogP) is -0.173. The van der Waals surface area contributed by atoms with Crippen molar-refractivity contribution in [2.24, 2.45) is 0 Å². The van der Waals surface area contributed by atoms with E-state index in [0.717, 1.165) is 39.1 Å². The number of hydrogen-bond acceptors (Lipinski definition) is 5. The van der Waals surface area contributed by atoms with Crippen molar-refractivity contribution < 1.29 is 9.47 Å². The van der Waals surface area contributed by atoms with Gasteiger partial charge in [0.05, 0.1) is 19.3 Å².